The molecule has 0 aromatic heterocycles. The molecule has 0 aromatic rings. The van der Waals surface area contributed by atoms with Crippen molar-refractivity contribution < 1.29 is 19.0 Å². The topological polar surface area (TPSA) is 48.1 Å². The molecule has 4 aliphatic rings. The van der Waals surface area contributed by atoms with E-state index < -0.39 is 5.60 Å². The molecule has 0 amide bonds. The third-order valence-electron chi connectivity index (χ3n) is 4.12. The van der Waals surface area contributed by atoms with Crippen molar-refractivity contribution in [3.63, 3.8) is 0 Å². The Morgan fingerprint density at radius 1 is 1.47 bits per heavy atom. The first-order chi connectivity index (χ1) is 7.28. The quantitative estimate of drug-likeness (QED) is 0.470. The minimum Gasteiger partial charge on any atom is -0.381 e. The van der Waals surface area contributed by atoms with Gasteiger partial charge in [0, 0.05) is 13.0 Å². The number of Topliss-reactive ketones (excluding diaryl/α,β-unsaturated/α-hetero) is 1. The maximum atomic E-state index is 12.2. The number of carbonyl (C=O) groups is 1. The summed E-state index contributed by atoms with van der Waals surface area (Å²) in [4.78, 5) is 12.2. The zero-order valence-corrected chi connectivity index (χ0v) is 8.38. The van der Waals surface area contributed by atoms with Gasteiger partial charge in [-0.1, -0.05) is 12.2 Å². The van der Waals surface area contributed by atoms with E-state index in [0.717, 1.165) is 0 Å². The van der Waals surface area contributed by atoms with Crippen LogP contribution in [0.1, 0.15) is 0 Å². The van der Waals surface area contributed by atoms with Gasteiger partial charge in [-0.2, -0.15) is 0 Å². The van der Waals surface area contributed by atoms with E-state index in [9.17, 15) is 4.79 Å². The van der Waals surface area contributed by atoms with E-state index in [2.05, 4.69) is 6.08 Å². The fourth-order valence-corrected chi connectivity index (χ4v) is 3.49. The number of fused-ring (bicyclic) bond motifs is 7. The average molecular weight is 208 g/mol. The Labute approximate surface area is 87.2 Å². The number of methoxy groups -OCH3 is 1. The Balaban J connectivity index is 1.73. The van der Waals surface area contributed by atoms with Crippen LogP contribution in [-0.2, 0) is 19.0 Å². The summed E-state index contributed by atoms with van der Waals surface area (Å²) in [7, 11) is 1.61. The smallest absolute Gasteiger partial charge is 0.176 e. The van der Waals surface area contributed by atoms with E-state index in [-0.39, 0.29) is 35.9 Å². The molecule has 3 fully saturated rings. The van der Waals surface area contributed by atoms with Crippen molar-refractivity contribution in [3.8, 4) is 0 Å². The van der Waals surface area contributed by atoms with Crippen LogP contribution in [0.25, 0.3) is 0 Å². The summed E-state index contributed by atoms with van der Waals surface area (Å²) in [5, 5.41) is 0. The van der Waals surface area contributed by atoms with Crippen LogP contribution in [0.2, 0.25) is 0 Å². The molecule has 80 valence electrons. The Bertz CT molecular complexity index is 377. The lowest BCUT2D eigenvalue weighted by Crippen LogP contribution is -2.35. The van der Waals surface area contributed by atoms with Gasteiger partial charge in [0.25, 0.3) is 0 Å². The Hall–Kier alpha value is -0.710. The Morgan fingerprint density at radius 2 is 2.27 bits per heavy atom. The maximum Gasteiger partial charge on any atom is 0.176 e. The molecule has 0 unspecified atom stereocenters. The highest BCUT2D eigenvalue weighted by atomic mass is 16.6. The Morgan fingerprint density at radius 3 is 3.00 bits per heavy atom. The normalized spacial score (nSPS) is 58.5. The molecule has 0 spiro atoms. The third-order valence-corrected chi connectivity index (χ3v) is 4.12. The summed E-state index contributed by atoms with van der Waals surface area (Å²) in [6.07, 6.45) is 4.20. The van der Waals surface area contributed by atoms with Gasteiger partial charge >= 0.3 is 0 Å². The predicted molar refractivity (Wildman–Crippen MR) is 49.3 cm³/mol. The van der Waals surface area contributed by atoms with Gasteiger partial charge in [-0.3, -0.25) is 4.79 Å². The molecular weight excluding hydrogens is 196 g/mol. The first-order valence-electron chi connectivity index (χ1n) is 5.33. The van der Waals surface area contributed by atoms with Crippen LogP contribution in [0.3, 0.4) is 0 Å². The van der Waals surface area contributed by atoms with E-state index in [1.807, 2.05) is 6.08 Å². The monoisotopic (exact) mass is 208 g/mol. The minimum atomic E-state index is -0.615. The highest BCUT2D eigenvalue weighted by Gasteiger charge is 2.78. The van der Waals surface area contributed by atoms with Crippen molar-refractivity contribution in [1.82, 2.24) is 0 Å². The average Bonchev–Trinajstić information content (AvgIpc) is 2.62. The standard InChI is InChI=1S/C11H12O4/c1-13-4-11-9(12)7-5-2-3-6(14-5)8(7)10(11)15-11/h2-3,5-8,10H,4H2,1H3/t5-,6+,7-,8+,10-,11+/m1/s1. The largest absolute Gasteiger partial charge is 0.381 e. The molecule has 0 radical (unpaired) electrons. The minimum absolute atomic E-state index is 0.00219. The Kier molecular flexibility index (Phi) is 1.32. The molecule has 6 atom stereocenters. The highest BCUT2D eigenvalue weighted by Crippen LogP contribution is 2.60. The molecular formula is C11H12O4. The van der Waals surface area contributed by atoms with Crippen molar-refractivity contribution in [1.29, 1.82) is 0 Å². The second-order valence-electron chi connectivity index (χ2n) is 4.78. The zero-order valence-electron chi connectivity index (χ0n) is 8.38. The van der Waals surface area contributed by atoms with Crippen LogP contribution in [0, 0.1) is 11.8 Å². The van der Waals surface area contributed by atoms with Gasteiger partial charge in [-0.15, -0.1) is 0 Å². The number of ether oxygens (including phenoxy) is 3. The second-order valence-corrected chi connectivity index (χ2v) is 4.78. The van der Waals surface area contributed by atoms with Crippen LogP contribution in [0.5, 0.6) is 0 Å². The van der Waals surface area contributed by atoms with Crippen LogP contribution >= 0.6 is 0 Å². The molecule has 1 saturated carbocycles. The SMILES string of the molecule is COC[C@@]12O[C@@H]1[C@@H]1[C@H](C2=O)[C@H]2C=C[C@@H]1O2. The van der Waals surface area contributed by atoms with E-state index in [0.29, 0.717) is 6.61 Å². The van der Waals surface area contributed by atoms with Crippen LogP contribution < -0.4 is 0 Å². The van der Waals surface area contributed by atoms with Crippen molar-refractivity contribution in [2.24, 2.45) is 11.8 Å². The lowest BCUT2D eigenvalue weighted by Gasteiger charge is -2.18. The lowest BCUT2D eigenvalue weighted by atomic mass is 9.84. The summed E-state index contributed by atoms with van der Waals surface area (Å²) in [6.45, 7) is 0.392. The molecule has 15 heavy (non-hydrogen) atoms. The van der Waals surface area contributed by atoms with Gasteiger partial charge in [-0.05, 0) is 0 Å². The third kappa shape index (κ3) is 0.757. The van der Waals surface area contributed by atoms with Gasteiger partial charge in [0.2, 0.25) is 0 Å². The maximum absolute atomic E-state index is 12.2. The van der Waals surface area contributed by atoms with E-state index in [1.54, 1.807) is 7.11 Å². The molecule has 1 aliphatic carbocycles. The van der Waals surface area contributed by atoms with Gasteiger partial charge in [-0.25, -0.2) is 0 Å². The summed E-state index contributed by atoms with van der Waals surface area (Å²) < 4.78 is 16.3. The number of ketones is 1. The molecule has 0 aromatic carbocycles. The van der Waals surface area contributed by atoms with Crippen molar-refractivity contribution in [2.45, 2.75) is 23.9 Å². The summed E-state index contributed by atoms with van der Waals surface area (Å²) >= 11 is 0. The number of epoxide rings is 1. The summed E-state index contributed by atoms with van der Waals surface area (Å²) in [6, 6.07) is 0. The predicted octanol–water partition coefficient (Wildman–Crippen LogP) is -0.0773. The fraction of sp³-hybridized carbons (Fsp3) is 0.727. The van der Waals surface area contributed by atoms with Crippen molar-refractivity contribution >= 4 is 5.78 Å². The number of hydrogen-bond donors (Lipinski definition) is 0. The van der Waals surface area contributed by atoms with Crippen LogP contribution in [0.4, 0.5) is 0 Å². The lowest BCUT2D eigenvalue weighted by molar-refractivity contribution is -0.131. The van der Waals surface area contributed by atoms with Gasteiger partial charge in [0.1, 0.15) is 6.10 Å². The van der Waals surface area contributed by atoms with Gasteiger partial charge < -0.3 is 14.2 Å². The van der Waals surface area contributed by atoms with Crippen LogP contribution in [0.15, 0.2) is 12.2 Å². The molecule has 4 heteroatoms. The molecule has 2 bridgehead atoms. The fourth-order valence-electron chi connectivity index (χ4n) is 3.49. The molecule has 0 N–H and O–H groups in total. The molecule has 4 rings (SSSR count). The number of rotatable bonds is 2. The van der Waals surface area contributed by atoms with Crippen molar-refractivity contribution in [3.05, 3.63) is 12.2 Å². The molecule has 2 saturated heterocycles. The summed E-state index contributed by atoms with van der Waals surface area (Å²) in [5.74, 6) is 0.452. The van der Waals surface area contributed by atoms with E-state index >= 15 is 0 Å². The number of hydrogen-bond acceptors (Lipinski definition) is 4. The summed E-state index contributed by atoms with van der Waals surface area (Å²) in [5.41, 5.74) is -0.615. The van der Waals surface area contributed by atoms with E-state index in [1.165, 1.54) is 0 Å². The zero-order chi connectivity index (χ0) is 10.2. The number of carbonyl (C=O) groups excluding carboxylic acids is 1. The molecule has 3 aliphatic heterocycles. The first kappa shape index (κ1) is 8.44. The second kappa shape index (κ2) is 2.34. The molecule has 4 nitrogen and oxygen atoms in total. The van der Waals surface area contributed by atoms with Gasteiger partial charge in [0.15, 0.2) is 11.4 Å². The van der Waals surface area contributed by atoms with E-state index in [4.69, 9.17) is 14.2 Å². The first-order valence-corrected chi connectivity index (χ1v) is 5.33. The molecule has 3 heterocycles. The van der Waals surface area contributed by atoms with Gasteiger partial charge in [0.05, 0.1) is 24.7 Å². The highest BCUT2D eigenvalue weighted by molar-refractivity contribution is 5.97. The van der Waals surface area contributed by atoms with Crippen molar-refractivity contribution in [2.75, 3.05) is 13.7 Å². The van der Waals surface area contributed by atoms with Crippen LogP contribution in [-0.4, -0.2) is 43.4 Å².